The summed E-state index contributed by atoms with van der Waals surface area (Å²) in [5.74, 6) is 0.623. The van der Waals surface area contributed by atoms with Crippen molar-refractivity contribution in [2.45, 2.75) is 13.0 Å². The fourth-order valence-corrected chi connectivity index (χ4v) is 1.51. The molecule has 78 valence electrons. The van der Waals surface area contributed by atoms with Crippen LogP contribution in [0.1, 0.15) is 6.92 Å². The van der Waals surface area contributed by atoms with E-state index in [0.717, 1.165) is 0 Å². The van der Waals surface area contributed by atoms with Crippen LogP contribution < -0.4 is 4.90 Å². The van der Waals surface area contributed by atoms with Crippen molar-refractivity contribution in [3.8, 4) is 0 Å². The van der Waals surface area contributed by atoms with Crippen molar-refractivity contribution in [2.75, 3.05) is 18.6 Å². The van der Waals surface area contributed by atoms with Crippen LogP contribution in [0.2, 0.25) is 10.0 Å². The van der Waals surface area contributed by atoms with Gasteiger partial charge in [0.05, 0.1) is 22.7 Å². The summed E-state index contributed by atoms with van der Waals surface area (Å²) in [7, 11) is 1.82. The highest BCUT2D eigenvalue weighted by atomic mass is 35.5. The zero-order chi connectivity index (χ0) is 10.7. The second-order valence-electron chi connectivity index (χ2n) is 3.10. The van der Waals surface area contributed by atoms with Gasteiger partial charge in [-0.3, -0.25) is 0 Å². The quantitative estimate of drug-likeness (QED) is 0.872. The molecule has 0 aliphatic rings. The number of nitrogens with zero attached hydrogens (tertiary/aromatic N) is 2. The number of pyridine rings is 1. The lowest BCUT2D eigenvalue weighted by molar-refractivity contribution is 0.270. The van der Waals surface area contributed by atoms with Gasteiger partial charge < -0.3 is 10.0 Å². The van der Waals surface area contributed by atoms with Crippen molar-refractivity contribution in [1.82, 2.24) is 4.98 Å². The summed E-state index contributed by atoms with van der Waals surface area (Å²) in [6, 6.07) is 1.60. The van der Waals surface area contributed by atoms with Crippen molar-refractivity contribution in [3.63, 3.8) is 0 Å². The van der Waals surface area contributed by atoms with Crippen LogP contribution >= 0.6 is 23.2 Å². The molecule has 0 fully saturated rings. The van der Waals surface area contributed by atoms with Crippen molar-refractivity contribution >= 4 is 29.0 Å². The molecule has 1 aromatic rings. The third-order valence-electron chi connectivity index (χ3n) is 2.05. The standard InChI is InChI=1S/C9H12Cl2N2O/c1-6(5-14)13(2)9-8(11)3-7(10)4-12-9/h3-4,6,14H,5H2,1-2H3. The highest BCUT2D eigenvalue weighted by Gasteiger charge is 2.13. The van der Waals surface area contributed by atoms with Crippen molar-refractivity contribution in [3.05, 3.63) is 22.3 Å². The van der Waals surface area contributed by atoms with Gasteiger partial charge in [-0.05, 0) is 13.0 Å². The first kappa shape index (κ1) is 11.6. The Hall–Kier alpha value is -0.510. The first-order chi connectivity index (χ1) is 6.56. The average Bonchev–Trinajstić information content (AvgIpc) is 2.15. The Bertz CT molecular complexity index is 320. The maximum atomic E-state index is 8.97. The Morgan fingerprint density at radius 1 is 1.57 bits per heavy atom. The molecule has 0 aromatic carbocycles. The van der Waals surface area contributed by atoms with Gasteiger partial charge in [0.2, 0.25) is 0 Å². The third kappa shape index (κ3) is 2.50. The minimum atomic E-state index is -0.0267. The van der Waals surface area contributed by atoms with Crippen molar-refractivity contribution < 1.29 is 5.11 Å². The number of aliphatic hydroxyl groups is 1. The maximum Gasteiger partial charge on any atom is 0.147 e. The molecule has 1 atom stereocenters. The van der Waals surface area contributed by atoms with E-state index in [1.807, 2.05) is 14.0 Å². The third-order valence-corrected chi connectivity index (χ3v) is 2.53. The van der Waals surface area contributed by atoms with E-state index in [-0.39, 0.29) is 12.6 Å². The van der Waals surface area contributed by atoms with Gasteiger partial charge in [0, 0.05) is 13.2 Å². The Kier molecular flexibility index (Phi) is 3.98. The number of halogens is 2. The average molecular weight is 235 g/mol. The Morgan fingerprint density at radius 3 is 2.71 bits per heavy atom. The summed E-state index contributed by atoms with van der Waals surface area (Å²) in [5, 5.41) is 9.96. The largest absolute Gasteiger partial charge is 0.394 e. The van der Waals surface area contributed by atoms with Crippen molar-refractivity contribution in [2.24, 2.45) is 0 Å². The van der Waals surface area contributed by atoms with Crippen LogP contribution in [0, 0.1) is 0 Å². The lowest BCUT2D eigenvalue weighted by Crippen LogP contribution is -2.32. The first-order valence-corrected chi connectivity index (χ1v) is 4.96. The van der Waals surface area contributed by atoms with Gasteiger partial charge in [-0.2, -0.15) is 0 Å². The molecule has 14 heavy (non-hydrogen) atoms. The van der Waals surface area contributed by atoms with E-state index < -0.39 is 0 Å². The molecule has 1 rings (SSSR count). The SMILES string of the molecule is CC(CO)N(C)c1ncc(Cl)cc1Cl. The molecule has 0 saturated carbocycles. The fourth-order valence-electron chi connectivity index (χ4n) is 0.998. The molecule has 5 heteroatoms. The lowest BCUT2D eigenvalue weighted by atomic mass is 10.3. The molecule has 0 radical (unpaired) electrons. The molecular formula is C9H12Cl2N2O. The molecule has 0 amide bonds. The smallest absolute Gasteiger partial charge is 0.147 e. The number of likely N-dealkylation sites (N-methyl/N-ethyl adjacent to an activating group) is 1. The summed E-state index contributed by atoms with van der Waals surface area (Å²) in [4.78, 5) is 5.90. The lowest BCUT2D eigenvalue weighted by Gasteiger charge is -2.24. The Balaban J connectivity index is 2.95. The molecule has 3 nitrogen and oxygen atoms in total. The van der Waals surface area contributed by atoms with Crippen molar-refractivity contribution in [1.29, 1.82) is 0 Å². The number of rotatable bonds is 3. The Morgan fingerprint density at radius 2 is 2.21 bits per heavy atom. The predicted molar refractivity (Wildman–Crippen MR) is 59.2 cm³/mol. The molecular weight excluding hydrogens is 223 g/mol. The topological polar surface area (TPSA) is 36.4 Å². The van der Waals surface area contributed by atoms with Crippen LogP contribution in [0.15, 0.2) is 12.3 Å². The van der Waals surface area contributed by atoms with Gasteiger partial charge in [-0.15, -0.1) is 0 Å². The van der Waals surface area contributed by atoms with Crippen LogP contribution in [0.4, 0.5) is 5.82 Å². The summed E-state index contributed by atoms with van der Waals surface area (Å²) in [6.45, 7) is 1.93. The van der Waals surface area contributed by atoms with Gasteiger partial charge in [0.25, 0.3) is 0 Å². The van der Waals surface area contributed by atoms with Gasteiger partial charge >= 0.3 is 0 Å². The van der Waals surface area contributed by atoms with Crippen LogP contribution in [-0.4, -0.2) is 29.8 Å². The molecule has 0 saturated heterocycles. The van der Waals surface area contributed by atoms with E-state index in [2.05, 4.69) is 4.98 Å². The molecule has 1 heterocycles. The number of aromatic nitrogens is 1. The minimum Gasteiger partial charge on any atom is -0.394 e. The van der Waals surface area contributed by atoms with E-state index in [0.29, 0.717) is 15.9 Å². The van der Waals surface area contributed by atoms with E-state index in [1.54, 1.807) is 11.0 Å². The van der Waals surface area contributed by atoms with Crippen LogP contribution in [0.5, 0.6) is 0 Å². The second-order valence-corrected chi connectivity index (χ2v) is 3.95. The molecule has 0 aliphatic heterocycles. The van der Waals surface area contributed by atoms with Crippen LogP contribution in [0.25, 0.3) is 0 Å². The maximum absolute atomic E-state index is 8.97. The molecule has 0 bridgehead atoms. The Labute approximate surface area is 93.3 Å². The van der Waals surface area contributed by atoms with Gasteiger partial charge in [0.15, 0.2) is 0 Å². The zero-order valence-electron chi connectivity index (χ0n) is 8.04. The summed E-state index contributed by atoms with van der Waals surface area (Å²) >= 11 is 11.7. The highest BCUT2D eigenvalue weighted by molar-refractivity contribution is 6.35. The molecule has 0 spiro atoms. The number of aliphatic hydroxyl groups excluding tert-OH is 1. The summed E-state index contributed by atoms with van der Waals surface area (Å²) in [6.07, 6.45) is 1.53. The van der Waals surface area contributed by atoms with E-state index in [4.69, 9.17) is 28.3 Å². The highest BCUT2D eigenvalue weighted by Crippen LogP contribution is 2.26. The zero-order valence-corrected chi connectivity index (χ0v) is 9.55. The molecule has 1 unspecified atom stereocenters. The fraction of sp³-hybridized carbons (Fsp3) is 0.444. The van der Waals surface area contributed by atoms with Crippen LogP contribution in [-0.2, 0) is 0 Å². The van der Waals surface area contributed by atoms with E-state index in [1.165, 1.54) is 6.20 Å². The number of hydrogen-bond donors (Lipinski definition) is 1. The van der Waals surface area contributed by atoms with Gasteiger partial charge in [0.1, 0.15) is 5.82 Å². The predicted octanol–water partition coefficient (Wildman–Crippen LogP) is 2.21. The van der Waals surface area contributed by atoms with E-state index >= 15 is 0 Å². The minimum absolute atomic E-state index is 0.0267. The number of anilines is 1. The summed E-state index contributed by atoms with van der Waals surface area (Å²) in [5.41, 5.74) is 0. The summed E-state index contributed by atoms with van der Waals surface area (Å²) < 4.78 is 0. The van der Waals surface area contributed by atoms with E-state index in [9.17, 15) is 0 Å². The number of hydrogen-bond acceptors (Lipinski definition) is 3. The molecule has 1 N–H and O–H groups in total. The molecule has 0 aliphatic carbocycles. The van der Waals surface area contributed by atoms with Gasteiger partial charge in [-0.1, -0.05) is 23.2 Å². The van der Waals surface area contributed by atoms with Crippen LogP contribution in [0.3, 0.4) is 0 Å². The van der Waals surface area contributed by atoms with Gasteiger partial charge in [-0.25, -0.2) is 4.98 Å². The first-order valence-electron chi connectivity index (χ1n) is 4.21. The second kappa shape index (κ2) is 4.82. The normalized spacial score (nSPS) is 12.6. The molecule has 1 aromatic heterocycles. The monoisotopic (exact) mass is 234 g/mol.